The van der Waals surface area contributed by atoms with Crippen molar-refractivity contribution < 1.29 is 9.53 Å². The van der Waals surface area contributed by atoms with Crippen molar-refractivity contribution in [2.75, 3.05) is 18.8 Å². The fourth-order valence-corrected chi connectivity index (χ4v) is 6.86. The first-order chi connectivity index (χ1) is 15.4. The van der Waals surface area contributed by atoms with Gasteiger partial charge in [0.2, 0.25) is 5.91 Å². The zero-order valence-corrected chi connectivity index (χ0v) is 20.2. The molecular formula is C24H27N3O3S2. The van der Waals surface area contributed by atoms with Crippen LogP contribution in [0.3, 0.4) is 0 Å². The maximum atomic E-state index is 13.7. The number of rotatable bonds is 4. The van der Waals surface area contributed by atoms with E-state index in [-0.39, 0.29) is 29.4 Å². The summed E-state index contributed by atoms with van der Waals surface area (Å²) in [5, 5.41) is 1.34. The van der Waals surface area contributed by atoms with Crippen LogP contribution in [-0.2, 0) is 22.4 Å². The van der Waals surface area contributed by atoms with Crippen molar-refractivity contribution in [2.24, 2.45) is 0 Å². The van der Waals surface area contributed by atoms with Crippen molar-refractivity contribution >= 4 is 39.2 Å². The zero-order valence-electron chi connectivity index (χ0n) is 18.6. The van der Waals surface area contributed by atoms with Crippen molar-refractivity contribution in [3.63, 3.8) is 0 Å². The summed E-state index contributed by atoms with van der Waals surface area (Å²) in [6.07, 6.45) is 3.12. The topological polar surface area (TPSA) is 64.4 Å². The molecule has 8 heteroatoms. The molecular weight excluding hydrogens is 442 g/mol. The molecule has 168 valence electrons. The van der Waals surface area contributed by atoms with Gasteiger partial charge in [0.05, 0.1) is 29.0 Å². The second-order valence-electron chi connectivity index (χ2n) is 8.75. The van der Waals surface area contributed by atoms with Crippen LogP contribution in [0.5, 0.6) is 0 Å². The van der Waals surface area contributed by atoms with E-state index in [1.807, 2.05) is 49.9 Å². The lowest BCUT2D eigenvalue weighted by molar-refractivity contribution is -0.140. The van der Waals surface area contributed by atoms with Gasteiger partial charge in [0, 0.05) is 18.0 Å². The maximum absolute atomic E-state index is 13.7. The number of amides is 1. The number of morpholine rings is 1. The van der Waals surface area contributed by atoms with Gasteiger partial charge in [-0.25, -0.2) is 4.98 Å². The summed E-state index contributed by atoms with van der Waals surface area (Å²) < 4.78 is 7.44. The first-order valence-electron chi connectivity index (χ1n) is 11.1. The number of hydrogen-bond acceptors (Lipinski definition) is 6. The Labute approximate surface area is 195 Å². The maximum Gasteiger partial charge on any atom is 0.267 e. The summed E-state index contributed by atoms with van der Waals surface area (Å²) in [5.41, 5.74) is 3.07. The van der Waals surface area contributed by atoms with Gasteiger partial charge in [-0.1, -0.05) is 29.5 Å². The molecule has 0 bridgehead atoms. The molecule has 1 aliphatic carbocycles. The van der Waals surface area contributed by atoms with Crippen LogP contribution in [0.2, 0.25) is 0 Å². The Balaban J connectivity index is 1.51. The van der Waals surface area contributed by atoms with Gasteiger partial charge in [-0.15, -0.1) is 11.3 Å². The normalized spacial score (nSPS) is 20.7. The van der Waals surface area contributed by atoms with Gasteiger partial charge in [0.25, 0.3) is 5.56 Å². The third kappa shape index (κ3) is 4.00. The fourth-order valence-electron chi connectivity index (χ4n) is 4.64. The van der Waals surface area contributed by atoms with E-state index in [0.29, 0.717) is 18.2 Å². The molecule has 0 saturated carbocycles. The Hall–Kier alpha value is -2.16. The van der Waals surface area contributed by atoms with Crippen LogP contribution in [0.25, 0.3) is 15.9 Å². The highest BCUT2D eigenvalue weighted by molar-refractivity contribution is 7.99. The number of thiophene rings is 1. The predicted octanol–water partition coefficient (Wildman–Crippen LogP) is 3.97. The number of aryl methyl sites for hydroxylation is 3. The number of carbonyl (C=O) groups is 1. The van der Waals surface area contributed by atoms with E-state index in [4.69, 9.17) is 9.72 Å². The van der Waals surface area contributed by atoms with Crippen LogP contribution in [0.15, 0.2) is 34.2 Å². The highest BCUT2D eigenvalue weighted by atomic mass is 32.2. The Morgan fingerprint density at radius 3 is 2.62 bits per heavy atom. The number of fused-ring (bicyclic) bond motifs is 3. The summed E-state index contributed by atoms with van der Waals surface area (Å²) in [4.78, 5) is 35.5. The molecule has 3 aromatic rings. The molecule has 1 saturated heterocycles. The molecule has 5 rings (SSSR count). The molecule has 1 aliphatic heterocycles. The number of carbonyl (C=O) groups excluding carboxylic acids is 1. The minimum absolute atomic E-state index is 0.0261. The van der Waals surface area contributed by atoms with Crippen molar-refractivity contribution in [1.29, 1.82) is 0 Å². The van der Waals surface area contributed by atoms with Gasteiger partial charge < -0.3 is 9.64 Å². The Kier molecular flexibility index (Phi) is 5.86. The SMILES string of the molecule is Cc1ccc(-n2c(SCC(=O)N3CC(C)OC(C)C3)nc3sc4c(c3c2=O)CCC4)cc1. The zero-order chi connectivity index (χ0) is 22.4. The van der Waals surface area contributed by atoms with Crippen LogP contribution >= 0.6 is 23.1 Å². The van der Waals surface area contributed by atoms with Gasteiger partial charge >= 0.3 is 0 Å². The third-order valence-corrected chi connectivity index (χ3v) is 8.21. The third-order valence-electron chi connectivity index (χ3n) is 6.10. The van der Waals surface area contributed by atoms with Crippen LogP contribution in [-0.4, -0.2) is 51.4 Å². The summed E-state index contributed by atoms with van der Waals surface area (Å²) in [6.45, 7) is 7.20. The van der Waals surface area contributed by atoms with E-state index < -0.39 is 0 Å². The molecule has 0 radical (unpaired) electrons. The molecule has 3 heterocycles. The molecule has 6 nitrogen and oxygen atoms in total. The number of thioether (sulfide) groups is 1. The quantitative estimate of drug-likeness (QED) is 0.427. The molecule has 1 amide bonds. The Morgan fingerprint density at radius 1 is 1.19 bits per heavy atom. The number of benzene rings is 1. The largest absolute Gasteiger partial charge is 0.372 e. The molecule has 0 N–H and O–H groups in total. The predicted molar refractivity (Wildman–Crippen MR) is 129 cm³/mol. The lowest BCUT2D eigenvalue weighted by Gasteiger charge is -2.35. The average molecular weight is 470 g/mol. The van der Waals surface area contributed by atoms with Crippen molar-refractivity contribution in [1.82, 2.24) is 14.5 Å². The van der Waals surface area contributed by atoms with Crippen LogP contribution in [0.1, 0.15) is 36.3 Å². The van der Waals surface area contributed by atoms with Gasteiger partial charge in [-0.2, -0.15) is 0 Å². The summed E-state index contributed by atoms with van der Waals surface area (Å²) >= 11 is 2.98. The first-order valence-corrected chi connectivity index (χ1v) is 12.9. The molecule has 2 aliphatic rings. The number of hydrogen-bond donors (Lipinski definition) is 0. The van der Waals surface area contributed by atoms with Crippen LogP contribution in [0.4, 0.5) is 0 Å². The van der Waals surface area contributed by atoms with Gasteiger partial charge in [0.15, 0.2) is 5.16 Å². The standard InChI is InChI=1S/C24H27N3O3S2/c1-14-7-9-17(10-8-14)27-23(29)21-18-5-4-6-19(18)32-22(21)25-24(27)31-13-20(28)26-11-15(2)30-16(3)12-26/h7-10,15-16H,4-6,11-13H2,1-3H3. The highest BCUT2D eigenvalue weighted by Crippen LogP contribution is 2.36. The van der Waals surface area contributed by atoms with Gasteiger partial charge in [-0.3, -0.25) is 14.2 Å². The first kappa shape index (κ1) is 21.7. The average Bonchev–Trinajstić information content (AvgIpc) is 3.33. The minimum atomic E-state index is -0.0261. The van der Waals surface area contributed by atoms with Crippen LogP contribution < -0.4 is 5.56 Å². The molecule has 1 fully saturated rings. The Morgan fingerprint density at radius 2 is 1.91 bits per heavy atom. The monoisotopic (exact) mass is 469 g/mol. The number of ether oxygens (including phenoxy) is 1. The lowest BCUT2D eigenvalue weighted by Crippen LogP contribution is -2.48. The lowest BCUT2D eigenvalue weighted by atomic mass is 10.2. The van der Waals surface area contributed by atoms with Crippen molar-refractivity contribution in [3.8, 4) is 5.69 Å². The van der Waals surface area contributed by atoms with E-state index >= 15 is 0 Å². The van der Waals surface area contributed by atoms with E-state index in [2.05, 4.69) is 0 Å². The smallest absolute Gasteiger partial charge is 0.267 e. The van der Waals surface area contributed by atoms with Gasteiger partial charge in [-0.05, 0) is 57.7 Å². The molecule has 2 atom stereocenters. The van der Waals surface area contributed by atoms with Crippen molar-refractivity contribution in [3.05, 3.63) is 50.6 Å². The second kappa shape index (κ2) is 8.65. The highest BCUT2D eigenvalue weighted by Gasteiger charge is 2.27. The molecule has 2 aromatic heterocycles. The molecule has 0 spiro atoms. The van der Waals surface area contributed by atoms with Crippen molar-refractivity contribution in [2.45, 2.75) is 57.4 Å². The summed E-state index contributed by atoms with van der Waals surface area (Å²) in [6, 6.07) is 7.91. The van der Waals surface area contributed by atoms with E-state index in [1.165, 1.54) is 22.2 Å². The minimum Gasteiger partial charge on any atom is -0.372 e. The number of aromatic nitrogens is 2. The molecule has 1 aromatic carbocycles. The fraction of sp³-hybridized carbons (Fsp3) is 0.458. The Bertz CT molecular complexity index is 1220. The van der Waals surface area contributed by atoms with E-state index in [9.17, 15) is 9.59 Å². The van der Waals surface area contributed by atoms with E-state index in [0.717, 1.165) is 40.7 Å². The summed E-state index contributed by atoms with van der Waals surface area (Å²) in [5.74, 6) is 0.296. The molecule has 2 unspecified atom stereocenters. The van der Waals surface area contributed by atoms with Gasteiger partial charge in [0.1, 0.15) is 4.83 Å². The number of nitrogens with zero attached hydrogens (tertiary/aromatic N) is 3. The molecule has 32 heavy (non-hydrogen) atoms. The van der Waals surface area contributed by atoms with Crippen LogP contribution in [0, 0.1) is 6.92 Å². The summed E-state index contributed by atoms with van der Waals surface area (Å²) in [7, 11) is 0. The van der Waals surface area contributed by atoms with E-state index in [1.54, 1.807) is 15.9 Å². The second-order valence-corrected chi connectivity index (χ2v) is 10.8.